The lowest BCUT2D eigenvalue weighted by molar-refractivity contribution is -0.274. The van der Waals surface area contributed by atoms with Gasteiger partial charge in [0.2, 0.25) is 0 Å². The maximum Gasteiger partial charge on any atom is 0.573 e. The molecule has 3 rings (SSSR count). The normalized spacial score (nSPS) is 16.5. The number of halogens is 3. The van der Waals surface area contributed by atoms with Gasteiger partial charge in [-0.3, -0.25) is 4.90 Å². The van der Waals surface area contributed by atoms with Crippen molar-refractivity contribution in [3.8, 4) is 5.75 Å². The molecule has 1 aromatic heterocycles. The minimum atomic E-state index is -4.69. The van der Waals surface area contributed by atoms with E-state index < -0.39 is 6.36 Å². The second kappa shape index (κ2) is 10.00. The molecule has 0 amide bonds. The van der Waals surface area contributed by atoms with Gasteiger partial charge in [-0.05, 0) is 50.1 Å². The predicted octanol–water partition coefficient (Wildman–Crippen LogP) is 4.43. The molecule has 1 aliphatic rings. The van der Waals surface area contributed by atoms with E-state index >= 15 is 0 Å². The number of carbonyl (C=O) groups excluding carboxylic acids is 1. The van der Waals surface area contributed by atoms with Gasteiger partial charge in [-0.2, -0.15) is 0 Å². The summed E-state index contributed by atoms with van der Waals surface area (Å²) in [6, 6.07) is 9.63. The highest BCUT2D eigenvalue weighted by molar-refractivity contribution is 5.89. The SMILES string of the molecule is CCOC(=O)c1ccc(N2CCCN(C(C)c3ccc(OC(F)(F)F)cc3)CC2)nc1. The Morgan fingerprint density at radius 2 is 1.84 bits per heavy atom. The molecule has 1 atom stereocenters. The van der Waals surface area contributed by atoms with Crippen molar-refractivity contribution < 1.29 is 27.4 Å². The lowest BCUT2D eigenvalue weighted by Gasteiger charge is -2.28. The third-order valence-electron chi connectivity index (χ3n) is 5.26. The fraction of sp³-hybridized carbons (Fsp3) is 0.455. The number of hydrogen-bond acceptors (Lipinski definition) is 6. The van der Waals surface area contributed by atoms with Crippen LogP contribution >= 0.6 is 0 Å². The Morgan fingerprint density at radius 3 is 2.45 bits per heavy atom. The first-order valence-electron chi connectivity index (χ1n) is 10.2. The fourth-order valence-corrected chi connectivity index (χ4v) is 3.62. The summed E-state index contributed by atoms with van der Waals surface area (Å²) in [7, 11) is 0. The molecule has 2 heterocycles. The van der Waals surface area contributed by atoms with Crippen molar-refractivity contribution in [3.05, 3.63) is 53.7 Å². The number of alkyl halides is 3. The highest BCUT2D eigenvalue weighted by atomic mass is 19.4. The van der Waals surface area contributed by atoms with Crippen molar-refractivity contribution in [2.24, 2.45) is 0 Å². The Balaban J connectivity index is 1.59. The van der Waals surface area contributed by atoms with Gasteiger partial charge < -0.3 is 14.4 Å². The molecule has 1 unspecified atom stereocenters. The zero-order chi connectivity index (χ0) is 22.4. The molecule has 0 bridgehead atoms. The van der Waals surface area contributed by atoms with Gasteiger partial charge in [0.15, 0.2) is 0 Å². The zero-order valence-electron chi connectivity index (χ0n) is 17.6. The van der Waals surface area contributed by atoms with E-state index in [1.165, 1.54) is 18.3 Å². The second-order valence-electron chi connectivity index (χ2n) is 7.29. The minimum absolute atomic E-state index is 0.0547. The van der Waals surface area contributed by atoms with Crippen molar-refractivity contribution in [2.75, 3.05) is 37.7 Å². The monoisotopic (exact) mass is 437 g/mol. The van der Waals surface area contributed by atoms with Gasteiger partial charge in [-0.1, -0.05) is 12.1 Å². The summed E-state index contributed by atoms with van der Waals surface area (Å²) >= 11 is 0. The molecule has 9 heteroatoms. The van der Waals surface area contributed by atoms with Crippen molar-refractivity contribution in [3.63, 3.8) is 0 Å². The largest absolute Gasteiger partial charge is 0.573 e. The molecule has 0 spiro atoms. The van der Waals surface area contributed by atoms with Crippen LogP contribution in [0.15, 0.2) is 42.6 Å². The van der Waals surface area contributed by atoms with Crippen molar-refractivity contribution >= 4 is 11.8 Å². The van der Waals surface area contributed by atoms with Gasteiger partial charge in [0, 0.05) is 38.4 Å². The molecular formula is C22H26F3N3O3. The quantitative estimate of drug-likeness (QED) is 0.624. The maximum absolute atomic E-state index is 12.3. The van der Waals surface area contributed by atoms with E-state index in [-0.39, 0.29) is 17.8 Å². The Kier molecular flexibility index (Phi) is 7.37. The molecule has 1 aliphatic heterocycles. The lowest BCUT2D eigenvalue weighted by atomic mass is 10.1. The summed E-state index contributed by atoms with van der Waals surface area (Å²) in [6.45, 7) is 7.34. The first-order chi connectivity index (χ1) is 14.8. The summed E-state index contributed by atoms with van der Waals surface area (Å²) < 4.78 is 46.0. The standard InChI is InChI=1S/C22H26F3N3O3/c1-3-30-21(29)18-7-10-20(26-15-18)28-12-4-11-27(13-14-28)16(2)17-5-8-19(9-6-17)31-22(23,24)25/h5-10,15-16H,3-4,11-14H2,1-2H3. The van der Waals surface area contributed by atoms with Crippen LogP contribution < -0.4 is 9.64 Å². The maximum atomic E-state index is 12.3. The van der Waals surface area contributed by atoms with Crippen molar-refractivity contribution in [2.45, 2.75) is 32.7 Å². The molecule has 0 saturated carbocycles. The van der Waals surface area contributed by atoms with Crippen LogP contribution in [0.1, 0.15) is 42.2 Å². The van der Waals surface area contributed by atoms with E-state index in [4.69, 9.17) is 4.74 Å². The molecule has 1 aromatic carbocycles. The van der Waals surface area contributed by atoms with Crippen LogP contribution in [0.4, 0.5) is 19.0 Å². The first kappa shape index (κ1) is 22.9. The molecule has 1 fully saturated rings. The first-order valence-corrected chi connectivity index (χ1v) is 10.2. The number of ether oxygens (including phenoxy) is 2. The number of aromatic nitrogens is 1. The number of esters is 1. The van der Waals surface area contributed by atoms with Crippen LogP contribution in [-0.2, 0) is 4.74 Å². The molecule has 2 aromatic rings. The van der Waals surface area contributed by atoms with Crippen LogP contribution in [0.2, 0.25) is 0 Å². The number of nitrogens with zero attached hydrogens (tertiary/aromatic N) is 3. The van der Waals surface area contributed by atoms with Crippen molar-refractivity contribution in [1.82, 2.24) is 9.88 Å². The number of rotatable bonds is 6. The van der Waals surface area contributed by atoms with E-state index in [1.54, 1.807) is 25.1 Å². The minimum Gasteiger partial charge on any atom is -0.462 e. The highest BCUT2D eigenvalue weighted by Crippen LogP contribution is 2.27. The van der Waals surface area contributed by atoms with Gasteiger partial charge in [-0.25, -0.2) is 9.78 Å². The van der Waals surface area contributed by atoms with E-state index in [9.17, 15) is 18.0 Å². The summed E-state index contributed by atoms with van der Waals surface area (Å²) in [6.07, 6.45) is -2.24. The van der Waals surface area contributed by atoms with Gasteiger partial charge in [0.1, 0.15) is 11.6 Å². The van der Waals surface area contributed by atoms with Crippen LogP contribution in [0.5, 0.6) is 5.75 Å². The molecular weight excluding hydrogens is 411 g/mol. The second-order valence-corrected chi connectivity index (χ2v) is 7.29. The number of hydrogen-bond donors (Lipinski definition) is 0. The number of pyridine rings is 1. The van der Waals surface area contributed by atoms with Crippen LogP contribution in [-0.4, -0.2) is 55.0 Å². The Morgan fingerprint density at radius 1 is 1.10 bits per heavy atom. The van der Waals surface area contributed by atoms with Crippen LogP contribution in [0.25, 0.3) is 0 Å². The van der Waals surface area contributed by atoms with Gasteiger partial charge in [0.05, 0.1) is 12.2 Å². The zero-order valence-corrected chi connectivity index (χ0v) is 17.6. The van der Waals surface area contributed by atoms with Gasteiger partial charge in [-0.15, -0.1) is 13.2 Å². The summed E-state index contributed by atoms with van der Waals surface area (Å²) in [5, 5.41) is 0. The van der Waals surface area contributed by atoms with Crippen LogP contribution in [0.3, 0.4) is 0 Å². The molecule has 1 saturated heterocycles. The molecule has 168 valence electrons. The highest BCUT2D eigenvalue weighted by Gasteiger charge is 2.31. The summed E-state index contributed by atoms with van der Waals surface area (Å²) in [4.78, 5) is 20.7. The lowest BCUT2D eigenvalue weighted by Crippen LogP contribution is -2.32. The van der Waals surface area contributed by atoms with E-state index in [0.29, 0.717) is 12.2 Å². The smallest absolute Gasteiger partial charge is 0.462 e. The molecule has 0 aliphatic carbocycles. The van der Waals surface area contributed by atoms with E-state index in [1.807, 2.05) is 13.0 Å². The average molecular weight is 437 g/mol. The van der Waals surface area contributed by atoms with Gasteiger partial charge in [0.25, 0.3) is 0 Å². The summed E-state index contributed by atoms with van der Waals surface area (Å²) in [5.41, 5.74) is 1.36. The fourth-order valence-electron chi connectivity index (χ4n) is 3.62. The number of carbonyl (C=O) groups is 1. The predicted molar refractivity (Wildman–Crippen MR) is 110 cm³/mol. The average Bonchev–Trinajstić information content (AvgIpc) is 2.99. The Hall–Kier alpha value is -2.81. The van der Waals surface area contributed by atoms with E-state index in [0.717, 1.165) is 44.0 Å². The van der Waals surface area contributed by atoms with Gasteiger partial charge >= 0.3 is 12.3 Å². The van der Waals surface area contributed by atoms with E-state index in [2.05, 4.69) is 19.5 Å². The third-order valence-corrected chi connectivity index (χ3v) is 5.26. The molecule has 6 nitrogen and oxygen atoms in total. The molecule has 0 N–H and O–H groups in total. The molecule has 31 heavy (non-hydrogen) atoms. The van der Waals surface area contributed by atoms with Crippen molar-refractivity contribution in [1.29, 1.82) is 0 Å². The number of benzene rings is 1. The summed E-state index contributed by atoms with van der Waals surface area (Å²) in [5.74, 6) is 0.197. The third kappa shape index (κ3) is 6.33. The van der Waals surface area contributed by atoms with Crippen LogP contribution in [0, 0.1) is 0 Å². The molecule has 0 radical (unpaired) electrons. The Labute approximate surface area is 179 Å². The topological polar surface area (TPSA) is 54.9 Å². The Bertz CT molecular complexity index is 857. The number of anilines is 1.